The number of carbonyl (C=O) groups is 2. The van der Waals surface area contributed by atoms with Crippen LogP contribution < -0.4 is 11.1 Å². The summed E-state index contributed by atoms with van der Waals surface area (Å²) in [6.45, 7) is 5.12. The first-order valence-electron chi connectivity index (χ1n) is 6.69. The average molecular weight is 272 g/mol. The van der Waals surface area contributed by atoms with Gasteiger partial charge in [-0.3, -0.25) is 9.59 Å². The van der Waals surface area contributed by atoms with Gasteiger partial charge in [0.2, 0.25) is 5.91 Å². The van der Waals surface area contributed by atoms with Crippen molar-refractivity contribution in [3.63, 3.8) is 0 Å². The molecule has 19 heavy (non-hydrogen) atoms. The summed E-state index contributed by atoms with van der Waals surface area (Å²) < 4.78 is 5.23. The van der Waals surface area contributed by atoms with E-state index in [4.69, 9.17) is 15.6 Å². The van der Waals surface area contributed by atoms with Gasteiger partial charge in [-0.15, -0.1) is 0 Å². The van der Waals surface area contributed by atoms with Gasteiger partial charge in [0.05, 0.1) is 18.6 Å². The number of ether oxygens (including phenoxy) is 1. The molecular weight excluding hydrogens is 248 g/mol. The number of carbonyl (C=O) groups excluding carboxylic acids is 1. The molecule has 0 bridgehead atoms. The SMILES string of the molecule is CC(CCNC(=O)C1(C)COCC1N)CCC(=O)O. The Bertz CT molecular complexity index is 335. The largest absolute Gasteiger partial charge is 0.481 e. The van der Waals surface area contributed by atoms with E-state index in [2.05, 4.69) is 5.32 Å². The summed E-state index contributed by atoms with van der Waals surface area (Å²) >= 11 is 0. The Hall–Kier alpha value is -1.14. The van der Waals surface area contributed by atoms with Crippen LogP contribution in [0.1, 0.15) is 33.1 Å². The number of hydrogen-bond donors (Lipinski definition) is 3. The molecule has 0 aromatic rings. The predicted octanol–water partition coefficient (Wildman–Crippen LogP) is 0.357. The molecule has 1 amide bonds. The summed E-state index contributed by atoms with van der Waals surface area (Å²) in [6, 6.07) is -0.267. The number of rotatable bonds is 7. The lowest BCUT2D eigenvalue weighted by atomic mass is 9.85. The Balaban J connectivity index is 2.25. The zero-order valence-corrected chi connectivity index (χ0v) is 11.6. The van der Waals surface area contributed by atoms with E-state index in [9.17, 15) is 9.59 Å². The van der Waals surface area contributed by atoms with E-state index < -0.39 is 11.4 Å². The summed E-state index contributed by atoms with van der Waals surface area (Å²) in [5.41, 5.74) is 5.23. The number of carboxylic acid groups (broad SMARTS) is 1. The molecule has 6 heteroatoms. The molecular formula is C13H24N2O4. The van der Waals surface area contributed by atoms with Gasteiger partial charge in [0.1, 0.15) is 0 Å². The number of hydrogen-bond acceptors (Lipinski definition) is 4. The molecule has 1 saturated heterocycles. The number of carboxylic acids is 1. The Morgan fingerprint density at radius 2 is 2.21 bits per heavy atom. The van der Waals surface area contributed by atoms with Crippen LogP contribution >= 0.6 is 0 Å². The second-order valence-corrected chi connectivity index (χ2v) is 5.62. The van der Waals surface area contributed by atoms with Crippen molar-refractivity contribution < 1.29 is 19.4 Å². The van der Waals surface area contributed by atoms with Crippen LogP contribution in [-0.4, -0.2) is 42.8 Å². The van der Waals surface area contributed by atoms with Crippen molar-refractivity contribution in [1.29, 1.82) is 0 Å². The van der Waals surface area contributed by atoms with Crippen molar-refractivity contribution in [2.45, 2.75) is 39.2 Å². The van der Waals surface area contributed by atoms with Crippen LogP contribution in [0.5, 0.6) is 0 Å². The first kappa shape index (κ1) is 15.9. The highest BCUT2D eigenvalue weighted by Gasteiger charge is 2.44. The molecule has 1 rings (SSSR count). The van der Waals surface area contributed by atoms with Crippen LogP contribution in [0, 0.1) is 11.3 Å². The fraction of sp³-hybridized carbons (Fsp3) is 0.846. The molecule has 1 fully saturated rings. The molecule has 0 radical (unpaired) electrons. The minimum Gasteiger partial charge on any atom is -0.481 e. The highest BCUT2D eigenvalue weighted by Crippen LogP contribution is 2.27. The van der Waals surface area contributed by atoms with Gasteiger partial charge in [-0.1, -0.05) is 6.92 Å². The molecule has 3 atom stereocenters. The van der Waals surface area contributed by atoms with E-state index in [1.807, 2.05) is 13.8 Å². The van der Waals surface area contributed by atoms with Crippen molar-refractivity contribution in [2.75, 3.05) is 19.8 Å². The fourth-order valence-corrected chi connectivity index (χ4v) is 2.07. The lowest BCUT2D eigenvalue weighted by Gasteiger charge is -2.25. The van der Waals surface area contributed by atoms with Crippen LogP contribution in [0.4, 0.5) is 0 Å². The van der Waals surface area contributed by atoms with Crippen LogP contribution in [-0.2, 0) is 14.3 Å². The maximum Gasteiger partial charge on any atom is 0.303 e. The molecule has 3 unspecified atom stereocenters. The van der Waals surface area contributed by atoms with Crippen LogP contribution in [0.2, 0.25) is 0 Å². The Morgan fingerprint density at radius 3 is 2.74 bits per heavy atom. The first-order chi connectivity index (χ1) is 8.86. The van der Waals surface area contributed by atoms with E-state index in [1.54, 1.807) is 0 Å². The van der Waals surface area contributed by atoms with Gasteiger partial charge in [0.25, 0.3) is 0 Å². The van der Waals surface area contributed by atoms with Gasteiger partial charge in [-0.2, -0.15) is 0 Å². The topological polar surface area (TPSA) is 102 Å². The quantitative estimate of drug-likeness (QED) is 0.621. The van der Waals surface area contributed by atoms with Gasteiger partial charge in [-0.05, 0) is 25.7 Å². The highest BCUT2D eigenvalue weighted by atomic mass is 16.5. The first-order valence-corrected chi connectivity index (χ1v) is 6.69. The molecule has 6 nitrogen and oxygen atoms in total. The van der Waals surface area contributed by atoms with Gasteiger partial charge in [0.15, 0.2) is 0 Å². The van der Waals surface area contributed by atoms with Gasteiger partial charge in [0, 0.05) is 19.0 Å². The molecule has 0 aliphatic carbocycles. The third-order valence-electron chi connectivity index (χ3n) is 3.81. The maximum atomic E-state index is 12.1. The average Bonchev–Trinajstić information content (AvgIpc) is 2.68. The number of nitrogens with one attached hydrogen (secondary N) is 1. The summed E-state index contributed by atoms with van der Waals surface area (Å²) in [7, 11) is 0. The van der Waals surface area contributed by atoms with Crippen molar-refractivity contribution in [3.05, 3.63) is 0 Å². The third-order valence-corrected chi connectivity index (χ3v) is 3.81. The summed E-state index contributed by atoms with van der Waals surface area (Å²) in [5, 5.41) is 11.5. The minimum absolute atomic E-state index is 0.0806. The molecule has 4 N–H and O–H groups in total. The predicted molar refractivity (Wildman–Crippen MR) is 70.6 cm³/mol. The van der Waals surface area contributed by atoms with Crippen molar-refractivity contribution in [2.24, 2.45) is 17.1 Å². The lowest BCUT2D eigenvalue weighted by Crippen LogP contribution is -2.50. The van der Waals surface area contributed by atoms with Gasteiger partial charge in [-0.25, -0.2) is 0 Å². The zero-order chi connectivity index (χ0) is 14.5. The molecule has 110 valence electrons. The van der Waals surface area contributed by atoms with Crippen LogP contribution in [0.3, 0.4) is 0 Å². The van der Waals surface area contributed by atoms with Crippen molar-refractivity contribution >= 4 is 11.9 Å². The summed E-state index contributed by atoms with van der Waals surface area (Å²) in [4.78, 5) is 22.5. The van der Waals surface area contributed by atoms with Crippen molar-refractivity contribution in [1.82, 2.24) is 5.32 Å². The lowest BCUT2D eigenvalue weighted by molar-refractivity contribution is -0.137. The molecule has 0 aromatic heterocycles. The Labute approximate surface area is 113 Å². The van der Waals surface area contributed by atoms with Gasteiger partial charge < -0.3 is 20.9 Å². The molecule has 1 heterocycles. The smallest absolute Gasteiger partial charge is 0.303 e. The summed E-state index contributed by atoms with van der Waals surface area (Å²) in [6.07, 6.45) is 1.57. The highest BCUT2D eigenvalue weighted by molar-refractivity contribution is 5.83. The summed E-state index contributed by atoms with van der Waals surface area (Å²) in [5.74, 6) is -0.585. The van der Waals surface area contributed by atoms with Crippen molar-refractivity contribution in [3.8, 4) is 0 Å². The second kappa shape index (κ2) is 6.86. The maximum absolute atomic E-state index is 12.1. The Morgan fingerprint density at radius 1 is 1.53 bits per heavy atom. The molecule has 0 saturated carbocycles. The van der Waals surface area contributed by atoms with Gasteiger partial charge >= 0.3 is 5.97 Å². The van der Waals surface area contributed by atoms with Crippen LogP contribution in [0.25, 0.3) is 0 Å². The molecule has 1 aliphatic rings. The van der Waals surface area contributed by atoms with Crippen LogP contribution in [0.15, 0.2) is 0 Å². The van der Waals surface area contributed by atoms with E-state index >= 15 is 0 Å². The number of aliphatic carboxylic acids is 1. The van der Waals surface area contributed by atoms with E-state index in [0.29, 0.717) is 26.2 Å². The number of amides is 1. The van der Waals surface area contributed by atoms with E-state index in [0.717, 1.165) is 6.42 Å². The second-order valence-electron chi connectivity index (χ2n) is 5.62. The van der Waals surface area contributed by atoms with E-state index in [-0.39, 0.29) is 24.3 Å². The standard InChI is InChI=1S/C13H24N2O4/c1-9(3-4-11(16)17)5-6-15-12(18)13(2)8-19-7-10(13)14/h9-10H,3-8,14H2,1-2H3,(H,15,18)(H,16,17). The minimum atomic E-state index is -0.780. The van der Waals surface area contributed by atoms with E-state index in [1.165, 1.54) is 0 Å². The normalized spacial score (nSPS) is 28.1. The third kappa shape index (κ3) is 4.47. The molecule has 0 aromatic carbocycles. The fourth-order valence-electron chi connectivity index (χ4n) is 2.07. The number of nitrogens with two attached hydrogens (primary N) is 1. The molecule has 1 aliphatic heterocycles. The molecule has 0 spiro atoms. The zero-order valence-electron chi connectivity index (χ0n) is 11.6. The monoisotopic (exact) mass is 272 g/mol. The Kier molecular flexibility index (Phi) is 5.75.